The number of amidine groups is 1. The molecular weight excluding hydrogens is 102 g/mol. The molecule has 0 spiro atoms. The number of hydrogen-bond acceptors (Lipinski definition) is 3. The zero-order chi connectivity index (χ0) is 5.98. The molecule has 0 aliphatic carbocycles. The standard InChI is InChI=1S/C5H9N3/c1-4-5(6)8-3-2-7-4/h2-4,7H,1H3,(H2,6,8). The molecule has 3 heteroatoms. The van der Waals surface area contributed by atoms with Crippen molar-refractivity contribution >= 4 is 5.84 Å². The molecule has 0 saturated carbocycles. The highest BCUT2D eigenvalue weighted by Crippen LogP contribution is 1.88. The summed E-state index contributed by atoms with van der Waals surface area (Å²) in [6, 6.07) is 0.194. The van der Waals surface area contributed by atoms with Gasteiger partial charge in [0.15, 0.2) is 0 Å². The van der Waals surface area contributed by atoms with Gasteiger partial charge in [0.2, 0.25) is 0 Å². The van der Waals surface area contributed by atoms with E-state index in [4.69, 9.17) is 5.73 Å². The van der Waals surface area contributed by atoms with Crippen LogP contribution in [0.1, 0.15) is 6.92 Å². The van der Waals surface area contributed by atoms with Crippen molar-refractivity contribution in [3.63, 3.8) is 0 Å². The maximum Gasteiger partial charge on any atom is 0.121 e. The number of hydrogen-bond donors (Lipinski definition) is 2. The molecule has 0 aromatic carbocycles. The van der Waals surface area contributed by atoms with Crippen molar-refractivity contribution in [1.82, 2.24) is 5.32 Å². The van der Waals surface area contributed by atoms with Crippen LogP contribution in [-0.2, 0) is 0 Å². The number of nitrogens with one attached hydrogen (secondary N) is 1. The van der Waals surface area contributed by atoms with Crippen LogP contribution in [0, 0.1) is 0 Å². The van der Waals surface area contributed by atoms with E-state index in [1.54, 1.807) is 12.4 Å². The molecule has 0 aromatic heterocycles. The number of aliphatic imine (C=N–C) groups is 1. The highest BCUT2D eigenvalue weighted by molar-refractivity contribution is 5.86. The first-order valence-corrected chi connectivity index (χ1v) is 2.55. The maximum atomic E-state index is 5.41. The molecule has 1 heterocycles. The Morgan fingerprint density at radius 1 is 1.88 bits per heavy atom. The van der Waals surface area contributed by atoms with Gasteiger partial charge in [0.1, 0.15) is 5.84 Å². The minimum atomic E-state index is 0.194. The molecule has 0 fully saturated rings. The Morgan fingerprint density at radius 3 is 3.00 bits per heavy atom. The zero-order valence-corrected chi connectivity index (χ0v) is 4.76. The van der Waals surface area contributed by atoms with Crippen molar-refractivity contribution < 1.29 is 0 Å². The SMILES string of the molecule is CC1NC=CN=C1N. The molecule has 1 rings (SSSR count). The third-order valence-electron chi connectivity index (χ3n) is 1.09. The Hall–Kier alpha value is -0.990. The first-order chi connectivity index (χ1) is 3.80. The van der Waals surface area contributed by atoms with E-state index in [2.05, 4.69) is 10.3 Å². The van der Waals surface area contributed by atoms with Gasteiger partial charge in [-0.2, -0.15) is 0 Å². The molecule has 0 saturated heterocycles. The highest BCUT2D eigenvalue weighted by atomic mass is 15.0. The Kier molecular flexibility index (Phi) is 1.20. The van der Waals surface area contributed by atoms with Crippen molar-refractivity contribution in [2.75, 3.05) is 0 Å². The molecule has 44 valence electrons. The van der Waals surface area contributed by atoms with Crippen molar-refractivity contribution in [1.29, 1.82) is 0 Å². The van der Waals surface area contributed by atoms with E-state index in [1.165, 1.54) is 0 Å². The summed E-state index contributed by atoms with van der Waals surface area (Å²) < 4.78 is 0. The van der Waals surface area contributed by atoms with E-state index in [1.807, 2.05) is 6.92 Å². The molecule has 8 heavy (non-hydrogen) atoms. The summed E-state index contributed by atoms with van der Waals surface area (Å²) in [6.07, 6.45) is 3.43. The second kappa shape index (κ2) is 1.86. The normalized spacial score (nSPS) is 26.6. The van der Waals surface area contributed by atoms with Crippen LogP contribution in [-0.4, -0.2) is 11.9 Å². The molecule has 3 N–H and O–H groups in total. The lowest BCUT2D eigenvalue weighted by Crippen LogP contribution is -2.37. The van der Waals surface area contributed by atoms with E-state index in [-0.39, 0.29) is 6.04 Å². The van der Waals surface area contributed by atoms with E-state index in [9.17, 15) is 0 Å². The first-order valence-electron chi connectivity index (χ1n) is 2.55. The summed E-state index contributed by atoms with van der Waals surface area (Å²) in [5, 5.41) is 3.00. The van der Waals surface area contributed by atoms with E-state index < -0.39 is 0 Å². The van der Waals surface area contributed by atoms with Gasteiger partial charge < -0.3 is 11.1 Å². The lowest BCUT2D eigenvalue weighted by Gasteiger charge is -2.12. The van der Waals surface area contributed by atoms with Crippen LogP contribution in [0.25, 0.3) is 0 Å². The predicted molar refractivity (Wildman–Crippen MR) is 33.4 cm³/mol. The molecule has 0 amide bonds. The second-order valence-electron chi connectivity index (χ2n) is 1.76. The minimum absolute atomic E-state index is 0.194. The topological polar surface area (TPSA) is 50.4 Å². The largest absolute Gasteiger partial charge is 0.385 e. The number of nitrogens with two attached hydrogens (primary N) is 1. The first kappa shape index (κ1) is 5.15. The minimum Gasteiger partial charge on any atom is -0.385 e. The van der Waals surface area contributed by atoms with Crippen LogP contribution in [0.5, 0.6) is 0 Å². The number of rotatable bonds is 0. The van der Waals surface area contributed by atoms with Gasteiger partial charge in [-0.3, -0.25) is 0 Å². The van der Waals surface area contributed by atoms with Crippen molar-refractivity contribution in [2.45, 2.75) is 13.0 Å². The van der Waals surface area contributed by atoms with Gasteiger partial charge in [-0.15, -0.1) is 0 Å². The van der Waals surface area contributed by atoms with Gasteiger partial charge in [0.05, 0.1) is 6.04 Å². The smallest absolute Gasteiger partial charge is 0.121 e. The molecule has 0 aromatic rings. The van der Waals surface area contributed by atoms with Gasteiger partial charge in [-0.25, -0.2) is 4.99 Å². The molecule has 1 atom stereocenters. The highest BCUT2D eigenvalue weighted by Gasteiger charge is 2.03. The summed E-state index contributed by atoms with van der Waals surface area (Å²) in [7, 11) is 0. The van der Waals surface area contributed by atoms with Crippen molar-refractivity contribution in [3.05, 3.63) is 12.4 Å². The van der Waals surface area contributed by atoms with Gasteiger partial charge in [-0.05, 0) is 6.92 Å². The fourth-order valence-corrected chi connectivity index (χ4v) is 0.508. The second-order valence-corrected chi connectivity index (χ2v) is 1.76. The number of nitrogens with zero attached hydrogens (tertiary/aromatic N) is 1. The summed E-state index contributed by atoms with van der Waals surface area (Å²) in [5.74, 6) is 0.646. The lowest BCUT2D eigenvalue weighted by atomic mass is 10.3. The fourth-order valence-electron chi connectivity index (χ4n) is 0.508. The van der Waals surface area contributed by atoms with E-state index in [0.717, 1.165) is 0 Å². The summed E-state index contributed by atoms with van der Waals surface area (Å²) in [6.45, 7) is 1.96. The molecular formula is C5H9N3. The monoisotopic (exact) mass is 111 g/mol. The average Bonchev–Trinajstić information content (AvgIpc) is 1.77. The average molecular weight is 111 g/mol. The van der Waals surface area contributed by atoms with Crippen LogP contribution in [0.2, 0.25) is 0 Å². The predicted octanol–water partition coefficient (Wildman–Crippen LogP) is -0.193. The zero-order valence-electron chi connectivity index (χ0n) is 4.76. The van der Waals surface area contributed by atoms with Crippen LogP contribution in [0.4, 0.5) is 0 Å². The Labute approximate surface area is 48.3 Å². The molecule has 1 aliphatic rings. The van der Waals surface area contributed by atoms with Gasteiger partial charge >= 0.3 is 0 Å². The summed E-state index contributed by atoms with van der Waals surface area (Å²) in [4.78, 5) is 3.86. The Balaban J connectivity index is 2.66. The molecule has 1 aliphatic heterocycles. The van der Waals surface area contributed by atoms with Gasteiger partial charge in [-0.1, -0.05) is 0 Å². The quantitative estimate of drug-likeness (QED) is 0.455. The Bertz CT molecular complexity index is 137. The lowest BCUT2D eigenvalue weighted by molar-refractivity contribution is 0.784. The fraction of sp³-hybridized carbons (Fsp3) is 0.400. The molecule has 0 bridgehead atoms. The molecule has 0 radical (unpaired) electrons. The van der Waals surface area contributed by atoms with Crippen molar-refractivity contribution in [3.8, 4) is 0 Å². The van der Waals surface area contributed by atoms with Crippen LogP contribution in [0.15, 0.2) is 17.4 Å². The van der Waals surface area contributed by atoms with Crippen LogP contribution < -0.4 is 11.1 Å². The third kappa shape index (κ3) is 0.804. The van der Waals surface area contributed by atoms with Gasteiger partial charge in [0.25, 0.3) is 0 Å². The van der Waals surface area contributed by atoms with Crippen molar-refractivity contribution in [2.24, 2.45) is 10.7 Å². The third-order valence-corrected chi connectivity index (χ3v) is 1.09. The Morgan fingerprint density at radius 2 is 2.62 bits per heavy atom. The summed E-state index contributed by atoms with van der Waals surface area (Å²) >= 11 is 0. The molecule has 1 unspecified atom stereocenters. The van der Waals surface area contributed by atoms with Gasteiger partial charge in [0, 0.05) is 12.4 Å². The maximum absolute atomic E-state index is 5.41. The van der Waals surface area contributed by atoms with Crippen LogP contribution in [0.3, 0.4) is 0 Å². The van der Waals surface area contributed by atoms with Crippen LogP contribution >= 0.6 is 0 Å². The molecule has 3 nitrogen and oxygen atoms in total. The van der Waals surface area contributed by atoms with E-state index >= 15 is 0 Å². The summed E-state index contributed by atoms with van der Waals surface area (Å²) in [5.41, 5.74) is 5.41. The van der Waals surface area contributed by atoms with E-state index in [0.29, 0.717) is 5.84 Å².